The van der Waals surface area contributed by atoms with Gasteiger partial charge in [0.15, 0.2) is 0 Å². The summed E-state index contributed by atoms with van der Waals surface area (Å²) in [7, 11) is -7.93. The first-order valence-corrected chi connectivity index (χ1v) is 12.7. The molecule has 0 saturated carbocycles. The molecule has 0 fully saturated rings. The van der Waals surface area contributed by atoms with Crippen LogP contribution in [0.4, 0.5) is 16.5 Å². The Balaban J connectivity index is 1.80. The summed E-state index contributed by atoms with van der Waals surface area (Å²) in [6, 6.07) is 11.6. The van der Waals surface area contributed by atoms with Crippen molar-refractivity contribution in [2.75, 3.05) is 11.0 Å². The molecule has 160 valence electrons. The van der Waals surface area contributed by atoms with E-state index in [1.807, 2.05) is 0 Å². The van der Waals surface area contributed by atoms with Crippen LogP contribution in [0.3, 0.4) is 0 Å². The molecule has 0 atom stereocenters. The first-order chi connectivity index (χ1) is 14.5. The minimum Gasteiger partial charge on any atom is -0.507 e. The van der Waals surface area contributed by atoms with Gasteiger partial charge in [-0.15, -0.1) is 10.2 Å². The average Bonchev–Trinajstić information content (AvgIpc) is 3.08. The van der Waals surface area contributed by atoms with E-state index in [4.69, 9.17) is 0 Å². The molecule has 1 heterocycles. The van der Waals surface area contributed by atoms with Gasteiger partial charge in [-0.25, -0.2) is 13.4 Å². The quantitative estimate of drug-likeness (QED) is 0.286. The second-order valence-corrected chi connectivity index (χ2v) is 10.7. The fourth-order valence-corrected chi connectivity index (χ4v) is 4.91. The molecule has 0 aliphatic heterocycles. The number of sulfonamides is 1. The molecule has 4 rings (SSSR count). The number of rotatable bonds is 5. The molecule has 0 aliphatic rings. The van der Waals surface area contributed by atoms with Crippen molar-refractivity contribution in [3.8, 4) is 5.75 Å². The maximum atomic E-state index is 11.7. The van der Waals surface area contributed by atoms with Gasteiger partial charge in [-0.2, -0.15) is 8.42 Å². The van der Waals surface area contributed by atoms with Crippen LogP contribution in [0.15, 0.2) is 63.7 Å². The highest BCUT2D eigenvalue weighted by atomic mass is 32.2. The maximum absolute atomic E-state index is 11.7. The van der Waals surface area contributed by atoms with Crippen LogP contribution in [-0.4, -0.2) is 37.7 Å². The van der Waals surface area contributed by atoms with Gasteiger partial charge in [-0.1, -0.05) is 23.5 Å². The number of fused-ring (bicyclic) bond motifs is 2. The molecular formula is C18H14N4O6S3. The standard InChI is InChI=1S/C18H14N4O6S3/c1-30(24,25)22-14-4-2-3-11-15(23)8-7-13(17(11)14)20-21-18-19-12-6-5-10(31(26,27)28)9-16(12)29-18/h2-9,22-23H,1H3,(H,26,27,28). The van der Waals surface area contributed by atoms with Gasteiger partial charge in [0, 0.05) is 10.8 Å². The molecule has 13 heteroatoms. The highest BCUT2D eigenvalue weighted by molar-refractivity contribution is 7.92. The molecule has 0 radical (unpaired) electrons. The van der Waals surface area contributed by atoms with Gasteiger partial charge in [0.05, 0.1) is 32.7 Å². The molecule has 0 unspecified atom stereocenters. The Kier molecular flexibility index (Phi) is 5.13. The van der Waals surface area contributed by atoms with Crippen molar-refractivity contribution >= 4 is 69.0 Å². The molecular weight excluding hydrogens is 464 g/mol. The number of nitrogens with zero attached hydrogens (tertiary/aromatic N) is 3. The normalized spacial score (nSPS) is 12.7. The molecule has 0 aliphatic carbocycles. The second kappa shape index (κ2) is 7.53. The van der Waals surface area contributed by atoms with Gasteiger partial charge >= 0.3 is 0 Å². The lowest BCUT2D eigenvalue weighted by Crippen LogP contribution is -2.09. The number of hydrogen-bond acceptors (Lipinski definition) is 9. The first kappa shape index (κ1) is 21.1. The molecule has 10 nitrogen and oxygen atoms in total. The van der Waals surface area contributed by atoms with E-state index in [2.05, 4.69) is 19.9 Å². The summed E-state index contributed by atoms with van der Waals surface area (Å²) in [6.45, 7) is 0. The summed E-state index contributed by atoms with van der Waals surface area (Å²) in [5.41, 5.74) is 0.991. The Morgan fingerprint density at radius 2 is 1.81 bits per heavy atom. The Bertz CT molecular complexity index is 1580. The lowest BCUT2D eigenvalue weighted by atomic mass is 10.1. The van der Waals surface area contributed by atoms with Gasteiger partial charge in [0.2, 0.25) is 15.2 Å². The third-order valence-corrected chi connectivity index (χ3v) is 6.52. The van der Waals surface area contributed by atoms with Crippen LogP contribution in [-0.2, 0) is 20.1 Å². The van der Waals surface area contributed by atoms with Gasteiger partial charge < -0.3 is 5.11 Å². The van der Waals surface area contributed by atoms with E-state index >= 15 is 0 Å². The van der Waals surface area contributed by atoms with E-state index in [-0.39, 0.29) is 27.2 Å². The van der Waals surface area contributed by atoms with Crippen LogP contribution < -0.4 is 4.72 Å². The van der Waals surface area contributed by atoms with Crippen LogP contribution in [0, 0.1) is 0 Å². The summed E-state index contributed by atoms with van der Waals surface area (Å²) >= 11 is 1.06. The zero-order valence-electron chi connectivity index (χ0n) is 15.7. The minimum absolute atomic E-state index is 0.0520. The largest absolute Gasteiger partial charge is 0.507 e. The number of nitrogens with one attached hydrogen (secondary N) is 1. The van der Waals surface area contributed by atoms with E-state index < -0.39 is 20.1 Å². The number of hydrogen-bond donors (Lipinski definition) is 3. The van der Waals surface area contributed by atoms with Gasteiger partial charge in [-0.3, -0.25) is 9.27 Å². The summed E-state index contributed by atoms with van der Waals surface area (Å²) in [6.07, 6.45) is 1.01. The fraction of sp³-hybridized carbons (Fsp3) is 0.0556. The SMILES string of the molecule is CS(=O)(=O)Nc1cccc2c(O)ccc(N=Nc3nc4ccc(S(=O)(=O)O)cc4s3)c12. The number of anilines is 1. The lowest BCUT2D eigenvalue weighted by Gasteiger charge is -2.10. The molecule has 31 heavy (non-hydrogen) atoms. The van der Waals surface area contributed by atoms with Crippen molar-refractivity contribution in [1.29, 1.82) is 0 Å². The van der Waals surface area contributed by atoms with Crippen molar-refractivity contribution < 1.29 is 26.5 Å². The Morgan fingerprint density at radius 3 is 2.52 bits per heavy atom. The average molecular weight is 479 g/mol. The monoisotopic (exact) mass is 478 g/mol. The van der Waals surface area contributed by atoms with E-state index in [0.29, 0.717) is 21.0 Å². The molecule has 0 spiro atoms. The van der Waals surface area contributed by atoms with Gasteiger partial charge in [-0.05, 0) is 36.4 Å². The van der Waals surface area contributed by atoms with E-state index in [1.54, 1.807) is 12.1 Å². The Labute approximate surface area is 180 Å². The Hall–Kier alpha value is -3.13. The van der Waals surface area contributed by atoms with Gasteiger partial charge in [0.1, 0.15) is 5.75 Å². The number of aromatic nitrogens is 1. The van der Waals surface area contributed by atoms with Gasteiger partial charge in [0.25, 0.3) is 10.1 Å². The number of thiazole rings is 1. The summed E-state index contributed by atoms with van der Waals surface area (Å²) < 4.78 is 58.1. The molecule has 1 aromatic heterocycles. The highest BCUT2D eigenvalue weighted by Gasteiger charge is 2.14. The zero-order valence-corrected chi connectivity index (χ0v) is 18.2. The maximum Gasteiger partial charge on any atom is 0.294 e. The van der Waals surface area contributed by atoms with Crippen molar-refractivity contribution in [2.24, 2.45) is 10.2 Å². The number of azo groups is 1. The number of benzene rings is 3. The van der Waals surface area contributed by atoms with Crippen LogP contribution in [0.2, 0.25) is 0 Å². The smallest absolute Gasteiger partial charge is 0.294 e. The van der Waals surface area contributed by atoms with E-state index in [9.17, 15) is 26.5 Å². The minimum atomic E-state index is -4.34. The third kappa shape index (κ3) is 4.49. The van der Waals surface area contributed by atoms with E-state index in [1.165, 1.54) is 36.4 Å². The van der Waals surface area contributed by atoms with Crippen LogP contribution in [0.5, 0.6) is 5.75 Å². The molecule has 3 N–H and O–H groups in total. The molecule has 0 amide bonds. The third-order valence-electron chi connectivity index (χ3n) is 4.18. The van der Waals surface area contributed by atoms with Crippen molar-refractivity contribution in [1.82, 2.24) is 4.98 Å². The number of phenols is 1. The number of phenolic OH excluding ortho intramolecular Hbond substituents is 1. The van der Waals surface area contributed by atoms with Crippen molar-refractivity contribution in [3.63, 3.8) is 0 Å². The Morgan fingerprint density at radius 1 is 1.03 bits per heavy atom. The molecule has 0 saturated heterocycles. The van der Waals surface area contributed by atoms with E-state index in [0.717, 1.165) is 17.6 Å². The zero-order chi connectivity index (χ0) is 22.4. The van der Waals surface area contributed by atoms with Crippen molar-refractivity contribution in [3.05, 3.63) is 48.5 Å². The van der Waals surface area contributed by atoms with Crippen molar-refractivity contribution in [2.45, 2.75) is 4.90 Å². The highest BCUT2D eigenvalue weighted by Crippen LogP contribution is 2.39. The summed E-state index contributed by atoms with van der Waals surface area (Å²) in [5.74, 6) is -0.0520. The number of aromatic hydroxyl groups is 1. The lowest BCUT2D eigenvalue weighted by molar-refractivity contribution is 0.481. The second-order valence-electron chi connectivity index (χ2n) is 6.51. The fourth-order valence-electron chi connectivity index (χ4n) is 2.93. The predicted octanol–water partition coefficient (Wildman–Crippen LogP) is 4.19. The summed E-state index contributed by atoms with van der Waals surface area (Å²) in [4.78, 5) is 3.99. The predicted molar refractivity (Wildman–Crippen MR) is 118 cm³/mol. The van der Waals surface area contributed by atoms with Crippen LogP contribution in [0.25, 0.3) is 21.0 Å². The van der Waals surface area contributed by atoms with Crippen LogP contribution >= 0.6 is 11.3 Å². The summed E-state index contributed by atoms with van der Waals surface area (Å²) in [5, 5.41) is 19.4. The molecule has 0 bridgehead atoms. The molecule has 3 aromatic carbocycles. The van der Waals surface area contributed by atoms with Crippen LogP contribution in [0.1, 0.15) is 0 Å². The topological polar surface area (TPSA) is 158 Å². The molecule has 4 aromatic rings. The first-order valence-electron chi connectivity index (χ1n) is 8.53.